The van der Waals surface area contributed by atoms with E-state index in [1.54, 1.807) is 0 Å². The fourth-order valence-corrected chi connectivity index (χ4v) is 3.75. The molecular weight excluding hydrogens is 231 g/mol. The van der Waals surface area contributed by atoms with Crippen LogP contribution in [0.25, 0.3) is 0 Å². The topological polar surface area (TPSA) is 9.23 Å². The van der Waals surface area contributed by atoms with Gasteiger partial charge < -0.3 is 4.43 Å². The number of hydrogen-bond acceptors (Lipinski definition) is 1. The van der Waals surface area contributed by atoms with Gasteiger partial charge in [-0.25, -0.2) is 0 Å². The minimum atomic E-state index is -1.23. The molecule has 1 nitrogen and oxygen atoms in total. The van der Waals surface area contributed by atoms with Crippen LogP contribution in [-0.4, -0.2) is 12.4 Å². The average molecular weight is 244 g/mol. The Morgan fingerprint density at radius 2 is 1.75 bits per heavy atom. The Morgan fingerprint density at radius 1 is 1.38 bits per heavy atom. The Kier molecular flexibility index (Phi) is 3.53. The summed E-state index contributed by atoms with van der Waals surface area (Å²) in [5.41, 5.74) is 0. The van der Waals surface area contributed by atoms with Gasteiger partial charge in [0.05, 0.1) is 4.11 Å². The number of hydrogen-bond donors (Lipinski definition) is 0. The van der Waals surface area contributed by atoms with Gasteiger partial charge in [-0.2, -0.15) is 0 Å². The molecule has 0 aliphatic carbocycles. The minimum absolute atomic E-state index is 0.374. The molecular formula is C5H13IOSi. The van der Waals surface area contributed by atoms with Crippen molar-refractivity contribution in [3.8, 4) is 0 Å². The standard InChI is InChI=1S/C5H13IOSi/c1-5(6)7-8(2,3)4/h5H,1-4H3. The lowest BCUT2D eigenvalue weighted by Crippen LogP contribution is -2.27. The molecule has 3 heteroatoms. The molecule has 1 atom stereocenters. The molecule has 50 valence electrons. The maximum atomic E-state index is 5.56. The first-order valence-corrected chi connectivity index (χ1v) is 7.39. The van der Waals surface area contributed by atoms with Crippen LogP contribution in [0.2, 0.25) is 19.6 Å². The molecule has 0 aliphatic rings. The summed E-state index contributed by atoms with van der Waals surface area (Å²) in [6.07, 6.45) is 0. The van der Waals surface area contributed by atoms with E-state index in [1.165, 1.54) is 0 Å². The molecule has 1 unspecified atom stereocenters. The predicted octanol–water partition coefficient (Wildman–Crippen LogP) is 2.62. The highest BCUT2D eigenvalue weighted by Gasteiger charge is 2.15. The monoisotopic (exact) mass is 244 g/mol. The Balaban J connectivity index is 3.39. The van der Waals surface area contributed by atoms with Crippen molar-refractivity contribution in [3.63, 3.8) is 0 Å². The van der Waals surface area contributed by atoms with Crippen LogP contribution in [0.1, 0.15) is 6.92 Å². The predicted molar refractivity (Wildman–Crippen MR) is 47.9 cm³/mol. The zero-order chi connectivity index (χ0) is 6.78. The molecule has 0 spiro atoms. The van der Waals surface area contributed by atoms with Gasteiger partial charge in [0.2, 0.25) is 0 Å². The third-order valence-electron chi connectivity index (χ3n) is 0.516. The summed E-state index contributed by atoms with van der Waals surface area (Å²) in [7, 11) is -1.23. The SMILES string of the molecule is CC(I)O[Si](C)(C)C. The smallest absolute Gasteiger partial charge is 0.185 e. The molecule has 0 aromatic carbocycles. The maximum absolute atomic E-state index is 5.56. The van der Waals surface area contributed by atoms with Crippen LogP contribution in [-0.2, 0) is 4.43 Å². The fourth-order valence-electron chi connectivity index (χ4n) is 0.487. The summed E-state index contributed by atoms with van der Waals surface area (Å²) in [6.45, 7) is 8.66. The second-order valence-corrected chi connectivity index (χ2v) is 8.99. The molecule has 8 heavy (non-hydrogen) atoms. The van der Waals surface area contributed by atoms with Crippen LogP contribution < -0.4 is 0 Å². The minimum Gasteiger partial charge on any atom is -0.406 e. The van der Waals surface area contributed by atoms with Gasteiger partial charge in [0.25, 0.3) is 0 Å². The second kappa shape index (κ2) is 3.17. The van der Waals surface area contributed by atoms with Crippen molar-refractivity contribution in [1.82, 2.24) is 0 Å². The van der Waals surface area contributed by atoms with Crippen molar-refractivity contribution >= 4 is 30.9 Å². The van der Waals surface area contributed by atoms with Crippen LogP contribution in [0.15, 0.2) is 0 Å². The first-order valence-electron chi connectivity index (χ1n) is 2.74. The lowest BCUT2D eigenvalue weighted by atomic mass is 10.9. The Morgan fingerprint density at radius 3 is 1.75 bits per heavy atom. The quantitative estimate of drug-likeness (QED) is 0.412. The van der Waals surface area contributed by atoms with Crippen molar-refractivity contribution in [2.24, 2.45) is 0 Å². The van der Waals surface area contributed by atoms with E-state index in [0.717, 1.165) is 0 Å². The van der Waals surface area contributed by atoms with E-state index in [1.807, 2.05) is 0 Å². The van der Waals surface area contributed by atoms with Crippen molar-refractivity contribution < 1.29 is 4.43 Å². The van der Waals surface area contributed by atoms with E-state index < -0.39 is 8.32 Å². The number of rotatable bonds is 2. The molecule has 0 heterocycles. The zero-order valence-corrected chi connectivity index (χ0v) is 9.02. The third kappa shape index (κ3) is 6.91. The van der Waals surface area contributed by atoms with Gasteiger partial charge in [0.15, 0.2) is 8.32 Å². The largest absolute Gasteiger partial charge is 0.406 e. The second-order valence-electron chi connectivity index (χ2n) is 2.77. The fraction of sp³-hybridized carbons (Fsp3) is 1.00. The average Bonchev–Trinajstić information content (AvgIpc) is 1.21. The molecule has 0 fully saturated rings. The van der Waals surface area contributed by atoms with E-state index in [0.29, 0.717) is 4.11 Å². The molecule has 0 saturated heterocycles. The van der Waals surface area contributed by atoms with Gasteiger partial charge in [-0.1, -0.05) is 22.6 Å². The zero-order valence-electron chi connectivity index (χ0n) is 5.86. The van der Waals surface area contributed by atoms with E-state index in [9.17, 15) is 0 Å². The van der Waals surface area contributed by atoms with Gasteiger partial charge >= 0.3 is 0 Å². The van der Waals surface area contributed by atoms with Crippen molar-refractivity contribution in [3.05, 3.63) is 0 Å². The van der Waals surface area contributed by atoms with Gasteiger partial charge in [0.1, 0.15) is 0 Å². The van der Waals surface area contributed by atoms with E-state index in [2.05, 4.69) is 49.2 Å². The number of halogens is 1. The lowest BCUT2D eigenvalue weighted by Gasteiger charge is -2.18. The first-order chi connectivity index (χ1) is 3.42. The van der Waals surface area contributed by atoms with Gasteiger partial charge in [-0.3, -0.25) is 0 Å². The Hall–Kier alpha value is 0.907. The molecule has 0 saturated carbocycles. The molecule has 0 bridgehead atoms. The maximum Gasteiger partial charge on any atom is 0.185 e. The molecule has 0 amide bonds. The van der Waals surface area contributed by atoms with Crippen molar-refractivity contribution in [2.45, 2.75) is 30.7 Å². The van der Waals surface area contributed by atoms with E-state index in [-0.39, 0.29) is 0 Å². The molecule has 0 aliphatic heterocycles. The summed E-state index contributed by atoms with van der Waals surface area (Å²) in [6, 6.07) is 0. The summed E-state index contributed by atoms with van der Waals surface area (Å²) in [5.74, 6) is 0. The van der Waals surface area contributed by atoms with Gasteiger partial charge in [-0.15, -0.1) is 0 Å². The highest BCUT2D eigenvalue weighted by atomic mass is 127. The summed E-state index contributed by atoms with van der Waals surface area (Å²) >= 11 is 2.28. The summed E-state index contributed by atoms with van der Waals surface area (Å²) < 4.78 is 5.94. The number of alkyl halides is 1. The molecule has 0 N–H and O–H groups in total. The molecule has 0 aromatic rings. The summed E-state index contributed by atoms with van der Waals surface area (Å²) in [4.78, 5) is 0. The Labute approximate surface area is 66.1 Å². The van der Waals surface area contributed by atoms with E-state index in [4.69, 9.17) is 4.43 Å². The third-order valence-corrected chi connectivity index (χ3v) is 2.31. The van der Waals surface area contributed by atoms with Crippen molar-refractivity contribution in [1.29, 1.82) is 0 Å². The normalized spacial score (nSPS) is 16.1. The molecule has 0 rings (SSSR count). The van der Waals surface area contributed by atoms with Crippen LogP contribution in [0.4, 0.5) is 0 Å². The first kappa shape index (κ1) is 8.91. The van der Waals surface area contributed by atoms with Crippen LogP contribution in [0.3, 0.4) is 0 Å². The highest BCUT2D eigenvalue weighted by molar-refractivity contribution is 14.1. The molecule has 0 aromatic heterocycles. The van der Waals surface area contributed by atoms with E-state index >= 15 is 0 Å². The van der Waals surface area contributed by atoms with Crippen LogP contribution >= 0.6 is 22.6 Å². The van der Waals surface area contributed by atoms with Crippen molar-refractivity contribution in [2.75, 3.05) is 0 Å². The van der Waals surface area contributed by atoms with Crippen LogP contribution in [0.5, 0.6) is 0 Å². The van der Waals surface area contributed by atoms with Gasteiger partial charge in [-0.05, 0) is 26.6 Å². The van der Waals surface area contributed by atoms with Crippen LogP contribution in [0, 0.1) is 0 Å². The summed E-state index contributed by atoms with van der Waals surface area (Å²) in [5, 5.41) is 0. The highest BCUT2D eigenvalue weighted by Crippen LogP contribution is 2.10. The lowest BCUT2D eigenvalue weighted by molar-refractivity contribution is 0.316. The molecule has 0 radical (unpaired) electrons. The Bertz CT molecular complexity index is 67.3. The van der Waals surface area contributed by atoms with Gasteiger partial charge in [0, 0.05) is 0 Å².